The fourth-order valence-electron chi connectivity index (χ4n) is 4.45. The summed E-state index contributed by atoms with van der Waals surface area (Å²) < 4.78 is 11.7. The quantitative estimate of drug-likeness (QED) is 0.465. The molecule has 1 amide bonds. The average Bonchev–Trinajstić information content (AvgIpc) is 2.69. The first kappa shape index (κ1) is 24.7. The van der Waals surface area contributed by atoms with Crippen molar-refractivity contribution in [1.29, 1.82) is 0 Å². The predicted octanol–water partition coefficient (Wildman–Crippen LogP) is 5.36. The van der Waals surface area contributed by atoms with Gasteiger partial charge in [0, 0.05) is 31.9 Å². The molecule has 0 aromatic heterocycles. The van der Waals surface area contributed by atoms with Crippen LogP contribution in [-0.4, -0.2) is 49.3 Å². The van der Waals surface area contributed by atoms with Crippen molar-refractivity contribution in [1.82, 2.24) is 4.90 Å². The average molecular weight is 419 g/mol. The molecule has 30 heavy (non-hydrogen) atoms. The third-order valence-electron chi connectivity index (χ3n) is 5.93. The van der Waals surface area contributed by atoms with Crippen LogP contribution in [0.1, 0.15) is 66.7 Å². The van der Waals surface area contributed by atoms with E-state index in [0.717, 1.165) is 68.6 Å². The first-order chi connectivity index (χ1) is 14.4. The number of carbonyl (C=O) groups is 1. The van der Waals surface area contributed by atoms with Crippen LogP contribution in [0, 0.1) is 11.8 Å². The number of hydrogen-bond donors (Lipinski definition) is 1. The number of unbranched alkanes of at least 4 members (excludes halogenated alkanes) is 2. The molecule has 2 rings (SSSR count). The van der Waals surface area contributed by atoms with Gasteiger partial charge in [-0.2, -0.15) is 0 Å². The van der Waals surface area contributed by atoms with E-state index in [0.29, 0.717) is 13.2 Å². The summed E-state index contributed by atoms with van der Waals surface area (Å²) in [6.07, 6.45) is 5.28. The predicted molar refractivity (Wildman–Crippen MR) is 124 cm³/mol. The second-order valence-corrected chi connectivity index (χ2v) is 9.15. The minimum atomic E-state index is -0.790. The van der Waals surface area contributed by atoms with E-state index in [-0.39, 0.29) is 5.91 Å². The normalized spacial score (nSPS) is 21.8. The van der Waals surface area contributed by atoms with Crippen LogP contribution < -0.4 is 10.1 Å². The second kappa shape index (κ2) is 12.3. The van der Waals surface area contributed by atoms with Gasteiger partial charge in [0.1, 0.15) is 18.0 Å². The molecule has 0 unspecified atom stereocenters. The molecule has 1 aromatic rings. The van der Waals surface area contributed by atoms with Gasteiger partial charge in [0.25, 0.3) is 5.91 Å². The molecule has 170 valence electrons. The van der Waals surface area contributed by atoms with Crippen LogP contribution in [-0.2, 0) is 9.53 Å². The van der Waals surface area contributed by atoms with Gasteiger partial charge >= 0.3 is 0 Å². The zero-order valence-electron chi connectivity index (χ0n) is 19.7. The molecular formula is C25H42N2O3. The summed E-state index contributed by atoms with van der Waals surface area (Å²) in [7, 11) is 0. The lowest BCUT2D eigenvalue weighted by atomic mass is 9.92. The largest absolute Gasteiger partial charge is 0.492 e. The molecule has 1 aliphatic rings. The number of nitrogens with one attached hydrogen (secondary N) is 1. The van der Waals surface area contributed by atoms with Gasteiger partial charge in [-0.25, -0.2) is 0 Å². The van der Waals surface area contributed by atoms with E-state index < -0.39 is 5.60 Å². The lowest BCUT2D eigenvalue weighted by Crippen LogP contribution is -2.42. The highest BCUT2D eigenvalue weighted by Crippen LogP contribution is 2.24. The Morgan fingerprint density at radius 2 is 1.80 bits per heavy atom. The number of amides is 1. The van der Waals surface area contributed by atoms with E-state index in [9.17, 15) is 4.79 Å². The molecule has 1 fully saturated rings. The van der Waals surface area contributed by atoms with Crippen LogP contribution in [0.2, 0.25) is 0 Å². The van der Waals surface area contributed by atoms with E-state index in [4.69, 9.17) is 9.47 Å². The number of anilines is 1. The molecular weight excluding hydrogens is 376 g/mol. The standard InChI is InChI=1S/C25H42N2O3/c1-6-8-9-14-25(5,30-7-2)24(28)26-22-10-12-23(13-11-22)29-16-15-27-18-20(3)17-21(4)19-27/h10-13,20-21H,6-9,14-19H2,1-5H3,(H,26,28)/t20-,21-,25-/m0/s1. The third-order valence-corrected chi connectivity index (χ3v) is 5.93. The molecule has 1 aliphatic heterocycles. The fourth-order valence-corrected chi connectivity index (χ4v) is 4.45. The van der Waals surface area contributed by atoms with Crippen LogP contribution in [0.3, 0.4) is 0 Å². The lowest BCUT2D eigenvalue weighted by Gasteiger charge is -2.34. The molecule has 0 bridgehead atoms. The number of ether oxygens (including phenoxy) is 2. The van der Waals surface area contributed by atoms with E-state index in [1.165, 1.54) is 6.42 Å². The number of carbonyl (C=O) groups excluding carboxylic acids is 1. The van der Waals surface area contributed by atoms with Gasteiger partial charge in [0.2, 0.25) is 0 Å². The van der Waals surface area contributed by atoms with Crippen LogP contribution >= 0.6 is 0 Å². The number of piperidine rings is 1. The third kappa shape index (κ3) is 7.92. The Morgan fingerprint density at radius 1 is 1.13 bits per heavy atom. The van der Waals surface area contributed by atoms with Crippen LogP contribution in [0.4, 0.5) is 5.69 Å². The molecule has 0 radical (unpaired) electrons. The Kier molecular flexibility index (Phi) is 10.1. The summed E-state index contributed by atoms with van der Waals surface area (Å²) in [6, 6.07) is 7.64. The molecule has 3 atom stereocenters. The molecule has 5 nitrogen and oxygen atoms in total. The summed E-state index contributed by atoms with van der Waals surface area (Å²) in [5.74, 6) is 2.28. The van der Waals surface area contributed by atoms with Crippen molar-refractivity contribution in [2.75, 3.05) is 38.2 Å². The maximum absolute atomic E-state index is 12.8. The molecule has 1 saturated heterocycles. The van der Waals surface area contributed by atoms with Gasteiger partial charge in [-0.3, -0.25) is 9.69 Å². The van der Waals surface area contributed by atoms with Crippen molar-refractivity contribution in [3.63, 3.8) is 0 Å². The highest BCUT2D eigenvalue weighted by Gasteiger charge is 2.33. The summed E-state index contributed by atoms with van der Waals surface area (Å²) in [4.78, 5) is 15.3. The smallest absolute Gasteiger partial charge is 0.256 e. The topological polar surface area (TPSA) is 50.8 Å². The fraction of sp³-hybridized carbons (Fsp3) is 0.720. The highest BCUT2D eigenvalue weighted by atomic mass is 16.5. The molecule has 1 aromatic carbocycles. The van der Waals surface area contributed by atoms with Gasteiger partial charge in [-0.05, 0) is 62.8 Å². The lowest BCUT2D eigenvalue weighted by molar-refractivity contribution is -0.139. The Balaban J connectivity index is 1.82. The molecule has 1 heterocycles. The Bertz CT molecular complexity index is 624. The van der Waals surface area contributed by atoms with Crippen molar-refractivity contribution in [2.45, 2.75) is 72.3 Å². The number of nitrogens with zero attached hydrogens (tertiary/aromatic N) is 1. The van der Waals surface area contributed by atoms with Crippen LogP contribution in [0.25, 0.3) is 0 Å². The summed E-state index contributed by atoms with van der Waals surface area (Å²) in [5, 5.41) is 3.01. The van der Waals surface area contributed by atoms with Crippen molar-refractivity contribution < 1.29 is 14.3 Å². The van der Waals surface area contributed by atoms with E-state index in [2.05, 4.69) is 31.0 Å². The van der Waals surface area contributed by atoms with Crippen LogP contribution in [0.15, 0.2) is 24.3 Å². The minimum absolute atomic E-state index is 0.0811. The van der Waals surface area contributed by atoms with Crippen LogP contribution in [0.5, 0.6) is 5.75 Å². The molecule has 0 saturated carbocycles. The molecule has 1 N–H and O–H groups in total. The molecule has 0 aliphatic carbocycles. The van der Waals surface area contributed by atoms with Gasteiger partial charge < -0.3 is 14.8 Å². The van der Waals surface area contributed by atoms with E-state index >= 15 is 0 Å². The summed E-state index contributed by atoms with van der Waals surface area (Å²) >= 11 is 0. The van der Waals surface area contributed by atoms with Gasteiger partial charge in [0.05, 0.1) is 0 Å². The number of rotatable bonds is 12. The second-order valence-electron chi connectivity index (χ2n) is 9.15. The van der Waals surface area contributed by atoms with Crippen molar-refractivity contribution in [2.24, 2.45) is 11.8 Å². The Labute approximate surface area is 183 Å². The molecule has 0 spiro atoms. The SMILES string of the molecule is CCCCC[C@](C)(OCC)C(=O)Nc1ccc(OCCN2C[C@@H](C)C[C@H](C)C2)cc1. The highest BCUT2D eigenvalue weighted by molar-refractivity contribution is 5.97. The Morgan fingerprint density at radius 3 is 2.40 bits per heavy atom. The maximum Gasteiger partial charge on any atom is 0.256 e. The monoisotopic (exact) mass is 418 g/mol. The summed E-state index contributed by atoms with van der Waals surface area (Å²) in [6.45, 7) is 15.1. The van der Waals surface area contributed by atoms with Crippen molar-refractivity contribution in [3.05, 3.63) is 24.3 Å². The van der Waals surface area contributed by atoms with E-state index in [1.807, 2.05) is 38.1 Å². The number of hydrogen-bond acceptors (Lipinski definition) is 4. The van der Waals surface area contributed by atoms with Gasteiger partial charge in [-0.15, -0.1) is 0 Å². The maximum atomic E-state index is 12.8. The first-order valence-electron chi connectivity index (χ1n) is 11.8. The van der Waals surface area contributed by atoms with Gasteiger partial charge in [0.15, 0.2) is 0 Å². The van der Waals surface area contributed by atoms with Crippen molar-refractivity contribution >= 4 is 11.6 Å². The van der Waals surface area contributed by atoms with Crippen molar-refractivity contribution in [3.8, 4) is 5.75 Å². The minimum Gasteiger partial charge on any atom is -0.492 e. The Hall–Kier alpha value is -1.59. The molecule has 5 heteroatoms. The number of likely N-dealkylation sites (tertiary alicyclic amines) is 1. The van der Waals surface area contributed by atoms with Gasteiger partial charge in [-0.1, -0.05) is 40.0 Å². The zero-order valence-corrected chi connectivity index (χ0v) is 19.7. The summed E-state index contributed by atoms with van der Waals surface area (Å²) in [5.41, 5.74) is -0.0191. The number of benzene rings is 1. The first-order valence-corrected chi connectivity index (χ1v) is 11.8. The zero-order chi connectivity index (χ0) is 22.0. The van der Waals surface area contributed by atoms with E-state index in [1.54, 1.807) is 0 Å².